The quantitative estimate of drug-likeness (QED) is 0.635. The van der Waals surface area contributed by atoms with Crippen molar-refractivity contribution in [2.45, 2.75) is 31.1 Å². The van der Waals surface area contributed by atoms with Crippen LogP contribution in [0.3, 0.4) is 0 Å². The van der Waals surface area contributed by atoms with E-state index < -0.39 is 23.3 Å². The maximum absolute atomic E-state index is 12.2. The summed E-state index contributed by atoms with van der Waals surface area (Å²) in [5, 5.41) is 8.87. The Morgan fingerprint density at radius 1 is 1.32 bits per heavy atom. The fraction of sp³-hybridized carbons (Fsp3) is 0.632. The van der Waals surface area contributed by atoms with Gasteiger partial charge in [0.15, 0.2) is 11.1 Å². The van der Waals surface area contributed by atoms with Crippen LogP contribution >= 0.6 is 0 Å². The predicted octanol–water partition coefficient (Wildman–Crippen LogP) is 0.969. The Labute approximate surface area is 168 Å². The van der Waals surface area contributed by atoms with Crippen LogP contribution in [0.5, 0.6) is 0 Å². The van der Waals surface area contributed by atoms with Crippen molar-refractivity contribution in [3.05, 3.63) is 36.1 Å². The normalized spacial score (nSPS) is 27.6. The molecule has 0 spiro atoms. The number of cyclic esters (lactones) is 1. The molecule has 0 aromatic heterocycles. The number of allylic oxidation sites excluding steroid dienone is 3. The molecule has 3 unspecified atom stereocenters. The third-order valence-corrected chi connectivity index (χ3v) is 5.46. The van der Waals surface area contributed by atoms with Crippen molar-refractivity contribution in [1.29, 1.82) is 0 Å². The van der Waals surface area contributed by atoms with Gasteiger partial charge in [-0.3, -0.25) is 14.0 Å². The molecule has 1 N–H and O–H groups in total. The van der Waals surface area contributed by atoms with Gasteiger partial charge in [-0.2, -0.15) is 0 Å². The van der Waals surface area contributed by atoms with Gasteiger partial charge in [-0.15, -0.1) is 0 Å². The minimum absolute atomic E-state index is 0.0605. The monoisotopic (exact) mass is 412 g/mol. The van der Waals surface area contributed by atoms with E-state index in [2.05, 4.69) is 17.1 Å². The number of ether oxygens (including phenoxy) is 2. The third-order valence-electron chi connectivity index (χ3n) is 4.99. The van der Waals surface area contributed by atoms with Crippen molar-refractivity contribution in [1.82, 2.24) is 9.80 Å². The molecule has 3 rings (SSSR count). The first-order chi connectivity index (χ1) is 13.6. The molecule has 2 heterocycles. The summed E-state index contributed by atoms with van der Waals surface area (Å²) in [6.45, 7) is 2.79. The molecular formula is C19H28N2O6S. The van der Waals surface area contributed by atoms with Crippen LogP contribution < -0.4 is 0 Å². The van der Waals surface area contributed by atoms with Gasteiger partial charge in [0.25, 0.3) is 0 Å². The van der Waals surface area contributed by atoms with Crippen molar-refractivity contribution in [3.63, 3.8) is 0 Å². The number of carbonyl (C=O) groups is 1. The van der Waals surface area contributed by atoms with Crippen LogP contribution in [0.15, 0.2) is 36.1 Å². The van der Waals surface area contributed by atoms with E-state index in [1.807, 2.05) is 18.2 Å². The van der Waals surface area contributed by atoms with Crippen molar-refractivity contribution in [2.24, 2.45) is 0 Å². The maximum atomic E-state index is 12.2. The number of nitrogens with zero attached hydrogens (tertiary/aromatic N) is 2. The van der Waals surface area contributed by atoms with Crippen LogP contribution in [0.4, 0.5) is 4.79 Å². The molecule has 1 amide bonds. The van der Waals surface area contributed by atoms with Crippen molar-refractivity contribution in [3.8, 4) is 0 Å². The number of hydrogen-bond donors (Lipinski definition) is 1. The van der Waals surface area contributed by atoms with Crippen LogP contribution in [-0.4, -0.2) is 89.2 Å². The van der Waals surface area contributed by atoms with Gasteiger partial charge >= 0.3 is 6.09 Å². The highest BCUT2D eigenvalue weighted by Gasteiger charge is 2.33. The number of rotatable bonds is 8. The predicted molar refractivity (Wildman–Crippen MR) is 105 cm³/mol. The molecule has 0 aromatic rings. The number of piperidine rings is 1. The van der Waals surface area contributed by atoms with E-state index in [-0.39, 0.29) is 25.4 Å². The molecule has 0 aromatic carbocycles. The first-order valence-corrected chi connectivity index (χ1v) is 11.0. The summed E-state index contributed by atoms with van der Waals surface area (Å²) in [5.74, 6) is 0. The number of aliphatic hydroxyl groups is 1. The summed E-state index contributed by atoms with van der Waals surface area (Å²) in [4.78, 5) is 16.1. The average molecular weight is 413 g/mol. The number of aliphatic hydroxyl groups excluding tert-OH is 1. The highest BCUT2D eigenvalue weighted by atomic mass is 32.2. The topological polar surface area (TPSA) is 88.5 Å². The van der Waals surface area contributed by atoms with Gasteiger partial charge in [0.05, 0.1) is 25.9 Å². The second kappa shape index (κ2) is 10.3. The zero-order valence-electron chi connectivity index (χ0n) is 16.1. The van der Waals surface area contributed by atoms with Gasteiger partial charge < -0.3 is 14.6 Å². The number of carbonyl (C=O) groups excluding carboxylic acids is 1. The molecule has 2 saturated heterocycles. The summed E-state index contributed by atoms with van der Waals surface area (Å²) < 4.78 is 27.0. The standard InChI is InChI=1S/C19H28N2O6S/c1-28(24)26-14-18-13-21(19(23)27-18)16-4-2-3-15(5-6-16)20-9-7-17(8-10-20)25-12-11-22/h2-6,15,17-18,22H,7-14H2,1H3. The van der Waals surface area contributed by atoms with Crippen molar-refractivity contribution in [2.75, 3.05) is 45.7 Å². The molecule has 9 heteroatoms. The lowest BCUT2D eigenvalue weighted by molar-refractivity contribution is -0.00936. The highest BCUT2D eigenvalue weighted by molar-refractivity contribution is 7.79. The number of amides is 1. The van der Waals surface area contributed by atoms with Gasteiger partial charge in [0.2, 0.25) is 0 Å². The molecule has 3 aliphatic rings. The summed E-state index contributed by atoms with van der Waals surface area (Å²) in [5.41, 5.74) is 0.769. The van der Waals surface area contributed by atoms with E-state index in [1.165, 1.54) is 6.26 Å². The fourth-order valence-electron chi connectivity index (χ4n) is 3.56. The van der Waals surface area contributed by atoms with Crippen LogP contribution in [0.1, 0.15) is 12.8 Å². The number of hydrogen-bond acceptors (Lipinski definition) is 7. The third kappa shape index (κ3) is 5.74. The van der Waals surface area contributed by atoms with Gasteiger partial charge in [0, 0.05) is 31.1 Å². The molecule has 3 atom stereocenters. The van der Waals surface area contributed by atoms with Gasteiger partial charge in [-0.25, -0.2) is 9.00 Å². The Morgan fingerprint density at radius 3 is 2.82 bits per heavy atom. The highest BCUT2D eigenvalue weighted by Crippen LogP contribution is 2.23. The van der Waals surface area contributed by atoms with E-state index in [9.17, 15) is 9.00 Å². The smallest absolute Gasteiger partial charge is 0.414 e. The average Bonchev–Trinajstić information content (AvgIpc) is 2.90. The Bertz CT molecular complexity index is 657. The summed E-state index contributed by atoms with van der Waals surface area (Å²) >= 11 is -1.38. The first-order valence-electron chi connectivity index (χ1n) is 9.55. The SMILES string of the molecule is CS(=O)OCC1CN(C2=CC=CC(N3CCC(OCCO)CC3)C=C2)C(=O)O1. The summed E-state index contributed by atoms with van der Waals surface area (Å²) in [6, 6.07) is 0.160. The number of likely N-dealkylation sites (tertiary alicyclic amines) is 1. The fourth-order valence-corrected chi connectivity index (χ4v) is 3.90. The van der Waals surface area contributed by atoms with Gasteiger partial charge in [-0.1, -0.05) is 18.2 Å². The largest absolute Gasteiger partial charge is 0.441 e. The van der Waals surface area contributed by atoms with Crippen LogP contribution in [0.25, 0.3) is 0 Å². The Hall–Kier alpha value is -1.52. The second-order valence-corrected chi connectivity index (χ2v) is 8.00. The molecule has 2 fully saturated rings. The van der Waals surface area contributed by atoms with Gasteiger partial charge in [0.1, 0.15) is 12.7 Å². The molecule has 2 aliphatic heterocycles. The lowest BCUT2D eigenvalue weighted by Gasteiger charge is -2.35. The Kier molecular flexibility index (Phi) is 7.81. The second-order valence-electron chi connectivity index (χ2n) is 6.96. The van der Waals surface area contributed by atoms with Crippen LogP contribution in [0.2, 0.25) is 0 Å². The molecule has 8 nitrogen and oxygen atoms in total. The Balaban J connectivity index is 1.52. The van der Waals surface area contributed by atoms with E-state index in [1.54, 1.807) is 4.90 Å². The molecular weight excluding hydrogens is 384 g/mol. The van der Waals surface area contributed by atoms with Gasteiger partial charge in [-0.05, 0) is 25.0 Å². The Morgan fingerprint density at radius 2 is 2.11 bits per heavy atom. The molecule has 28 heavy (non-hydrogen) atoms. The molecule has 1 aliphatic carbocycles. The van der Waals surface area contributed by atoms with Crippen LogP contribution in [-0.2, 0) is 24.7 Å². The molecule has 0 radical (unpaired) electrons. The van der Waals surface area contributed by atoms with Crippen molar-refractivity contribution >= 4 is 17.2 Å². The minimum atomic E-state index is -1.38. The van der Waals surface area contributed by atoms with E-state index >= 15 is 0 Å². The summed E-state index contributed by atoms with van der Waals surface area (Å²) in [7, 11) is 0. The maximum Gasteiger partial charge on any atom is 0.414 e. The lowest BCUT2D eigenvalue weighted by Crippen LogP contribution is -2.42. The zero-order valence-corrected chi connectivity index (χ0v) is 16.9. The van der Waals surface area contributed by atoms with E-state index in [0.29, 0.717) is 13.2 Å². The molecule has 0 saturated carbocycles. The zero-order chi connectivity index (χ0) is 19.9. The molecule has 156 valence electrons. The minimum Gasteiger partial charge on any atom is -0.441 e. The molecule has 0 bridgehead atoms. The first kappa shape index (κ1) is 21.2. The van der Waals surface area contributed by atoms with Crippen molar-refractivity contribution < 1.29 is 27.8 Å². The van der Waals surface area contributed by atoms with E-state index in [4.69, 9.17) is 18.8 Å². The lowest BCUT2D eigenvalue weighted by atomic mass is 10.0. The van der Waals surface area contributed by atoms with Crippen LogP contribution in [0, 0.1) is 0 Å². The van der Waals surface area contributed by atoms with E-state index in [0.717, 1.165) is 31.6 Å². The summed E-state index contributed by atoms with van der Waals surface area (Å²) in [6.07, 6.45) is 12.7.